The first-order chi connectivity index (χ1) is 16.6. The molecular weight excluding hydrogens is 481 g/mol. The van der Waals surface area contributed by atoms with Gasteiger partial charge in [-0.3, -0.25) is 9.59 Å². The van der Waals surface area contributed by atoms with Gasteiger partial charge in [0.25, 0.3) is 0 Å². The fourth-order valence-corrected chi connectivity index (χ4v) is 4.44. The molecule has 186 valence electrons. The third kappa shape index (κ3) is 5.48. The molecule has 0 saturated heterocycles. The Hall–Kier alpha value is -3.00. The van der Waals surface area contributed by atoms with Crippen LogP contribution in [0.15, 0.2) is 42.6 Å². The van der Waals surface area contributed by atoms with Gasteiger partial charge in [0.05, 0.1) is 12.2 Å². The van der Waals surface area contributed by atoms with Crippen LogP contribution in [0.25, 0.3) is 22.0 Å². The summed E-state index contributed by atoms with van der Waals surface area (Å²) in [4.78, 5) is 26.5. The first-order valence-corrected chi connectivity index (χ1v) is 11.9. The number of benzene rings is 2. The summed E-state index contributed by atoms with van der Waals surface area (Å²) >= 11 is 6.26. The van der Waals surface area contributed by atoms with E-state index in [0.29, 0.717) is 39.2 Å². The van der Waals surface area contributed by atoms with Gasteiger partial charge in [0.15, 0.2) is 0 Å². The van der Waals surface area contributed by atoms with Gasteiger partial charge in [0.1, 0.15) is 6.54 Å². The second-order valence-corrected chi connectivity index (χ2v) is 9.07. The first-order valence-electron chi connectivity index (χ1n) is 11.6. The Kier molecular flexibility index (Phi) is 7.12. The SMILES string of the molecule is CCOC(=O)Cn1cc(-c2ccc(C(F)(F)F)cc2CN(CC)C(=O)C2CC2)c2cc(Cl)ccc21. The molecule has 0 spiro atoms. The topological polar surface area (TPSA) is 51.5 Å². The average Bonchev–Trinajstić information content (AvgIpc) is 3.60. The highest BCUT2D eigenvalue weighted by molar-refractivity contribution is 6.31. The van der Waals surface area contributed by atoms with Crippen LogP contribution in [-0.2, 0) is 33.6 Å². The Morgan fingerprint density at radius 3 is 2.49 bits per heavy atom. The van der Waals surface area contributed by atoms with Crippen LogP contribution in [0.1, 0.15) is 37.8 Å². The Morgan fingerprint density at radius 1 is 1.11 bits per heavy atom. The van der Waals surface area contributed by atoms with Crippen molar-refractivity contribution in [1.29, 1.82) is 0 Å². The molecule has 1 fully saturated rings. The number of hydrogen-bond acceptors (Lipinski definition) is 3. The Morgan fingerprint density at radius 2 is 1.86 bits per heavy atom. The molecule has 35 heavy (non-hydrogen) atoms. The number of ether oxygens (including phenoxy) is 1. The van der Waals surface area contributed by atoms with Crippen molar-refractivity contribution in [2.45, 2.75) is 46.0 Å². The molecule has 0 atom stereocenters. The zero-order valence-electron chi connectivity index (χ0n) is 19.5. The lowest BCUT2D eigenvalue weighted by Gasteiger charge is -2.23. The number of hydrogen-bond donors (Lipinski definition) is 0. The number of aromatic nitrogens is 1. The predicted octanol–water partition coefficient (Wildman–Crippen LogP) is 6.30. The number of amides is 1. The monoisotopic (exact) mass is 506 g/mol. The highest BCUT2D eigenvalue weighted by atomic mass is 35.5. The van der Waals surface area contributed by atoms with E-state index >= 15 is 0 Å². The molecule has 0 aliphatic heterocycles. The van der Waals surface area contributed by atoms with Crippen molar-refractivity contribution in [3.8, 4) is 11.1 Å². The normalized spacial score (nSPS) is 13.8. The quantitative estimate of drug-likeness (QED) is 0.337. The number of alkyl halides is 3. The van der Waals surface area contributed by atoms with Gasteiger partial charge in [0, 0.05) is 46.7 Å². The van der Waals surface area contributed by atoms with Gasteiger partial charge in [0.2, 0.25) is 5.91 Å². The summed E-state index contributed by atoms with van der Waals surface area (Å²) in [6.07, 6.45) is -1.18. The molecule has 0 N–H and O–H groups in total. The standard InChI is InChI=1S/C26H26ClF3N2O3/c1-3-31(25(34)16-5-6-16)13-17-11-18(26(28,29)30)7-9-20(17)22-14-32(15-24(33)35-4-2)23-10-8-19(27)12-21(22)23/h7-12,14,16H,3-6,13,15H2,1-2H3. The second-order valence-electron chi connectivity index (χ2n) is 8.63. The lowest BCUT2D eigenvalue weighted by atomic mass is 9.96. The maximum atomic E-state index is 13.6. The minimum Gasteiger partial charge on any atom is -0.465 e. The zero-order valence-corrected chi connectivity index (χ0v) is 20.2. The molecule has 0 unspecified atom stereocenters. The molecule has 1 amide bonds. The van der Waals surface area contributed by atoms with Crippen molar-refractivity contribution < 1.29 is 27.5 Å². The van der Waals surface area contributed by atoms with Crippen LogP contribution < -0.4 is 0 Å². The Bertz CT molecular complexity index is 1260. The summed E-state index contributed by atoms with van der Waals surface area (Å²) in [5.74, 6) is -0.510. The Balaban J connectivity index is 1.85. The van der Waals surface area contributed by atoms with E-state index in [1.807, 2.05) is 6.92 Å². The molecule has 1 aliphatic rings. The van der Waals surface area contributed by atoms with Crippen LogP contribution in [0.3, 0.4) is 0 Å². The summed E-state index contributed by atoms with van der Waals surface area (Å²) < 4.78 is 47.6. The van der Waals surface area contributed by atoms with Gasteiger partial charge in [-0.15, -0.1) is 0 Å². The van der Waals surface area contributed by atoms with Crippen LogP contribution in [0.4, 0.5) is 13.2 Å². The summed E-state index contributed by atoms with van der Waals surface area (Å²) in [6.45, 7) is 4.16. The molecule has 0 bridgehead atoms. The molecule has 3 aromatic rings. The van der Waals surface area contributed by atoms with E-state index in [1.165, 1.54) is 6.07 Å². The molecule has 2 aromatic carbocycles. The van der Waals surface area contributed by atoms with Crippen molar-refractivity contribution in [3.63, 3.8) is 0 Å². The van der Waals surface area contributed by atoms with Crippen LogP contribution in [0.5, 0.6) is 0 Å². The average molecular weight is 507 g/mol. The summed E-state index contributed by atoms with van der Waals surface area (Å²) in [5, 5.41) is 1.15. The highest BCUT2D eigenvalue weighted by Crippen LogP contribution is 2.39. The lowest BCUT2D eigenvalue weighted by molar-refractivity contribution is -0.143. The largest absolute Gasteiger partial charge is 0.465 e. The highest BCUT2D eigenvalue weighted by Gasteiger charge is 2.34. The molecule has 0 radical (unpaired) electrons. The smallest absolute Gasteiger partial charge is 0.416 e. The number of esters is 1. The van der Waals surface area contributed by atoms with Crippen molar-refractivity contribution in [2.24, 2.45) is 5.92 Å². The fourth-order valence-electron chi connectivity index (χ4n) is 4.26. The minimum absolute atomic E-state index is 0.0383. The maximum Gasteiger partial charge on any atom is 0.416 e. The van der Waals surface area contributed by atoms with Gasteiger partial charge < -0.3 is 14.2 Å². The summed E-state index contributed by atoms with van der Waals surface area (Å²) in [5.41, 5.74) is 1.48. The molecule has 5 nitrogen and oxygen atoms in total. The third-order valence-corrected chi connectivity index (χ3v) is 6.39. The maximum absolute atomic E-state index is 13.6. The van der Waals surface area contributed by atoms with Gasteiger partial charge in [-0.1, -0.05) is 17.7 Å². The summed E-state index contributed by atoms with van der Waals surface area (Å²) in [6, 6.07) is 8.75. The minimum atomic E-state index is -4.52. The van der Waals surface area contributed by atoms with Gasteiger partial charge >= 0.3 is 12.1 Å². The van der Waals surface area contributed by atoms with E-state index in [1.54, 1.807) is 40.8 Å². The van der Waals surface area contributed by atoms with Gasteiger partial charge in [-0.25, -0.2) is 0 Å². The van der Waals surface area contributed by atoms with Crippen LogP contribution in [0, 0.1) is 5.92 Å². The molecular formula is C26H26ClF3N2O3. The van der Waals surface area contributed by atoms with Crippen LogP contribution in [0.2, 0.25) is 5.02 Å². The van der Waals surface area contributed by atoms with E-state index in [0.717, 1.165) is 25.0 Å². The van der Waals surface area contributed by atoms with Crippen LogP contribution in [-0.4, -0.2) is 34.5 Å². The van der Waals surface area contributed by atoms with Crippen molar-refractivity contribution in [3.05, 3.63) is 58.7 Å². The summed E-state index contributed by atoms with van der Waals surface area (Å²) in [7, 11) is 0. The van der Waals surface area contributed by atoms with E-state index in [2.05, 4.69) is 0 Å². The van der Waals surface area contributed by atoms with Crippen molar-refractivity contribution in [2.75, 3.05) is 13.2 Å². The predicted molar refractivity (Wildman–Crippen MR) is 128 cm³/mol. The second kappa shape index (κ2) is 9.93. The van der Waals surface area contributed by atoms with E-state index in [4.69, 9.17) is 16.3 Å². The molecule has 1 heterocycles. The van der Waals surface area contributed by atoms with E-state index in [-0.39, 0.29) is 31.5 Å². The molecule has 4 rings (SSSR count). The number of carbonyl (C=O) groups excluding carboxylic acids is 2. The lowest BCUT2D eigenvalue weighted by Crippen LogP contribution is -2.31. The number of fused-ring (bicyclic) bond motifs is 1. The van der Waals surface area contributed by atoms with Crippen molar-refractivity contribution >= 4 is 34.4 Å². The zero-order chi connectivity index (χ0) is 25.3. The number of nitrogens with zero attached hydrogens (tertiary/aromatic N) is 2. The molecule has 1 aromatic heterocycles. The fraction of sp³-hybridized carbons (Fsp3) is 0.385. The van der Waals surface area contributed by atoms with Gasteiger partial charge in [-0.2, -0.15) is 13.2 Å². The number of carbonyl (C=O) groups is 2. The van der Waals surface area contributed by atoms with E-state index in [9.17, 15) is 22.8 Å². The van der Waals surface area contributed by atoms with Crippen LogP contribution >= 0.6 is 11.6 Å². The third-order valence-electron chi connectivity index (χ3n) is 6.15. The number of halogens is 4. The first kappa shape index (κ1) is 25.1. The van der Waals surface area contributed by atoms with Gasteiger partial charge in [-0.05, 0) is 68.1 Å². The number of rotatable bonds is 8. The Labute approximate surface area is 206 Å². The van der Waals surface area contributed by atoms with Crippen molar-refractivity contribution in [1.82, 2.24) is 9.47 Å². The molecule has 9 heteroatoms. The molecule has 1 aliphatic carbocycles. The molecule has 1 saturated carbocycles. The van der Waals surface area contributed by atoms with E-state index < -0.39 is 17.7 Å².